The van der Waals surface area contributed by atoms with Crippen LogP contribution in [0.1, 0.15) is 28.8 Å². The highest BCUT2D eigenvalue weighted by atomic mass is 35.5. The molecular weight excluding hydrogens is 342 g/mol. The minimum absolute atomic E-state index is 0. The first-order valence-electron chi connectivity index (χ1n) is 6.53. The zero-order valence-electron chi connectivity index (χ0n) is 11.8. The molecular formula is C14H16Cl2F3NO2. The third-order valence-electron chi connectivity index (χ3n) is 3.47. The van der Waals surface area contributed by atoms with E-state index in [-0.39, 0.29) is 29.8 Å². The molecule has 0 unspecified atom stereocenters. The monoisotopic (exact) mass is 357 g/mol. The van der Waals surface area contributed by atoms with E-state index in [9.17, 15) is 18.0 Å². The van der Waals surface area contributed by atoms with Crippen molar-refractivity contribution < 1.29 is 22.7 Å². The topological polar surface area (TPSA) is 29.5 Å². The van der Waals surface area contributed by atoms with Crippen LogP contribution < -0.4 is 4.74 Å². The molecule has 22 heavy (non-hydrogen) atoms. The molecule has 1 aliphatic heterocycles. The molecule has 0 saturated carbocycles. The fourth-order valence-electron chi connectivity index (χ4n) is 2.26. The number of ether oxygens (including phenoxy) is 1. The molecule has 0 aliphatic carbocycles. The molecule has 1 aromatic rings. The van der Waals surface area contributed by atoms with E-state index >= 15 is 0 Å². The van der Waals surface area contributed by atoms with Gasteiger partial charge in [0.25, 0.3) is 5.24 Å². The van der Waals surface area contributed by atoms with Crippen LogP contribution in [-0.4, -0.2) is 36.4 Å². The van der Waals surface area contributed by atoms with Crippen LogP contribution in [0.2, 0.25) is 0 Å². The fraction of sp³-hybridized carbons (Fsp3) is 0.500. The lowest BCUT2D eigenvalue weighted by Crippen LogP contribution is -2.36. The molecule has 2 rings (SSSR count). The second-order valence-electron chi connectivity index (χ2n) is 5.10. The summed E-state index contributed by atoms with van der Waals surface area (Å²) in [6.45, 7) is 1.56. The predicted octanol–water partition coefficient (Wildman–Crippen LogP) is 3.98. The second-order valence-corrected chi connectivity index (χ2v) is 5.45. The number of rotatable bonds is 3. The number of alkyl halides is 3. The van der Waals surface area contributed by atoms with Crippen molar-refractivity contribution in [2.24, 2.45) is 0 Å². The number of halogens is 5. The number of likely N-dealkylation sites (tertiary alicyclic amines) is 1. The van der Waals surface area contributed by atoms with Gasteiger partial charge in [0, 0.05) is 18.7 Å². The third-order valence-corrected chi connectivity index (χ3v) is 3.69. The Morgan fingerprint density at radius 1 is 1.32 bits per heavy atom. The maximum Gasteiger partial charge on any atom is 0.419 e. The Bertz CT molecular complexity index is 529. The third kappa shape index (κ3) is 4.76. The van der Waals surface area contributed by atoms with Gasteiger partial charge in [-0.25, -0.2) is 0 Å². The van der Waals surface area contributed by atoms with Crippen molar-refractivity contribution in [2.45, 2.75) is 25.1 Å². The van der Waals surface area contributed by atoms with Gasteiger partial charge in [-0.15, -0.1) is 12.4 Å². The van der Waals surface area contributed by atoms with E-state index in [2.05, 4.69) is 4.90 Å². The van der Waals surface area contributed by atoms with Gasteiger partial charge in [-0.2, -0.15) is 13.2 Å². The molecule has 0 atom stereocenters. The number of piperidine rings is 1. The Morgan fingerprint density at radius 2 is 1.91 bits per heavy atom. The Morgan fingerprint density at radius 3 is 2.41 bits per heavy atom. The summed E-state index contributed by atoms with van der Waals surface area (Å²) in [5, 5.41) is -0.925. The molecule has 0 radical (unpaired) electrons. The van der Waals surface area contributed by atoms with Crippen LogP contribution in [0.25, 0.3) is 0 Å². The first-order valence-corrected chi connectivity index (χ1v) is 6.91. The van der Waals surface area contributed by atoms with Crippen molar-refractivity contribution in [1.82, 2.24) is 4.90 Å². The van der Waals surface area contributed by atoms with Gasteiger partial charge in [-0.05, 0) is 49.7 Å². The van der Waals surface area contributed by atoms with Crippen molar-refractivity contribution in [1.29, 1.82) is 0 Å². The Hall–Kier alpha value is -0.980. The summed E-state index contributed by atoms with van der Waals surface area (Å²) in [4.78, 5) is 13.1. The van der Waals surface area contributed by atoms with E-state index in [1.807, 2.05) is 7.05 Å². The number of benzene rings is 1. The molecule has 8 heteroatoms. The van der Waals surface area contributed by atoms with E-state index < -0.39 is 17.0 Å². The fourth-order valence-corrected chi connectivity index (χ4v) is 2.38. The maximum absolute atomic E-state index is 13.1. The van der Waals surface area contributed by atoms with Crippen LogP contribution in [0.15, 0.2) is 18.2 Å². The maximum atomic E-state index is 13.1. The molecule has 1 saturated heterocycles. The minimum atomic E-state index is -4.59. The minimum Gasteiger partial charge on any atom is -0.490 e. The molecule has 1 heterocycles. The van der Waals surface area contributed by atoms with Crippen molar-refractivity contribution >= 4 is 29.3 Å². The number of carbonyl (C=O) groups is 1. The van der Waals surface area contributed by atoms with Gasteiger partial charge in [0.05, 0.1) is 5.56 Å². The van der Waals surface area contributed by atoms with E-state index in [1.54, 1.807) is 0 Å². The molecule has 1 aliphatic rings. The lowest BCUT2D eigenvalue weighted by atomic mass is 10.1. The number of nitrogens with zero attached hydrogens (tertiary/aromatic N) is 1. The number of hydrogen-bond donors (Lipinski definition) is 0. The quantitative estimate of drug-likeness (QED) is 0.766. The standard InChI is InChI=1S/C14H15ClF3NO2.ClH/c1-19-6-4-10(5-7-19)21-12-3-2-9(13(15)20)8-11(12)14(16,17)18;/h2-3,8,10H,4-7H2,1H3;1H. The molecule has 1 fully saturated rings. The van der Waals surface area contributed by atoms with Crippen LogP contribution in [0.5, 0.6) is 5.75 Å². The van der Waals surface area contributed by atoms with Crippen LogP contribution >= 0.6 is 24.0 Å². The highest BCUT2D eigenvalue weighted by molar-refractivity contribution is 6.67. The summed E-state index contributed by atoms with van der Waals surface area (Å²) in [5.74, 6) is -0.251. The molecule has 0 spiro atoms. The summed E-state index contributed by atoms with van der Waals surface area (Å²) >= 11 is 5.23. The van der Waals surface area contributed by atoms with Gasteiger partial charge in [0.2, 0.25) is 0 Å². The largest absolute Gasteiger partial charge is 0.490 e. The van der Waals surface area contributed by atoms with Crippen LogP contribution in [0, 0.1) is 0 Å². The molecule has 0 amide bonds. The van der Waals surface area contributed by atoms with Crippen molar-refractivity contribution in [3.05, 3.63) is 29.3 Å². The zero-order valence-corrected chi connectivity index (χ0v) is 13.4. The molecule has 0 bridgehead atoms. The van der Waals surface area contributed by atoms with E-state index in [4.69, 9.17) is 16.3 Å². The summed E-state index contributed by atoms with van der Waals surface area (Å²) in [7, 11) is 1.96. The van der Waals surface area contributed by atoms with Gasteiger partial charge in [0.1, 0.15) is 11.9 Å². The van der Waals surface area contributed by atoms with Gasteiger partial charge in [0.15, 0.2) is 0 Å². The number of hydrogen-bond acceptors (Lipinski definition) is 3. The molecule has 124 valence electrons. The van der Waals surface area contributed by atoms with E-state index in [1.165, 1.54) is 6.07 Å². The molecule has 0 N–H and O–H groups in total. The Balaban J connectivity index is 0.00000242. The first-order chi connectivity index (χ1) is 9.77. The Labute approximate surface area is 137 Å². The average molecular weight is 358 g/mol. The van der Waals surface area contributed by atoms with Crippen molar-refractivity contribution in [3.63, 3.8) is 0 Å². The zero-order chi connectivity index (χ0) is 15.6. The Kier molecular flexibility index (Phi) is 6.52. The van der Waals surface area contributed by atoms with Crippen molar-refractivity contribution in [3.8, 4) is 5.75 Å². The highest BCUT2D eigenvalue weighted by Crippen LogP contribution is 2.38. The van der Waals surface area contributed by atoms with Crippen LogP contribution in [0.3, 0.4) is 0 Å². The van der Waals surface area contributed by atoms with Gasteiger partial charge in [-0.3, -0.25) is 4.79 Å². The summed E-state index contributed by atoms with van der Waals surface area (Å²) in [6, 6.07) is 3.14. The van der Waals surface area contributed by atoms with E-state index in [0.717, 1.165) is 25.2 Å². The lowest BCUT2D eigenvalue weighted by molar-refractivity contribution is -0.139. The summed E-state index contributed by atoms with van der Waals surface area (Å²) in [6.07, 6.45) is -3.50. The van der Waals surface area contributed by atoms with Crippen LogP contribution in [-0.2, 0) is 6.18 Å². The predicted molar refractivity (Wildman–Crippen MR) is 80.0 cm³/mol. The molecule has 0 aromatic heterocycles. The van der Waals surface area contributed by atoms with Gasteiger partial charge in [-0.1, -0.05) is 0 Å². The van der Waals surface area contributed by atoms with Gasteiger partial charge < -0.3 is 9.64 Å². The highest BCUT2D eigenvalue weighted by Gasteiger charge is 2.36. The summed E-state index contributed by atoms with van der Waals surface area (Å²) < 4.78 is 44.7. The first kappa shape index (κ1) is 19.1. The lowest BCUT2D eigenvalue weighted by Gasteiger charge is -2.30. The average Bonchev–Trinajstić information content (AvgIpc) is 2.40. The van der Waals surface area contributed by atoms with Crippen molar-refractivity contribution in [2.75, 3.05) is 20.1 Å². The molecule has 1 aromatic carbocycles. The second kappa shape index (κ2) is 7.53. The number of carbonyl (C=O) groups excluding carboxylic acids is 1. The SMILES string of the molecule is CN1CCC(Oc2ccc(C(=O)Cl)cc2C(F)(F)F)CC1.Cl. The van der Waals surface area contributed by atoms with E-state index in [0.29, 0.717) is 12.8 Å². The normalized spacial score (nSPS) is 17.0. The van der Waals surface area contributed by atoms with Crippen LogP contribution in [0.4, 0.5) is 13.2 Å². The molecule has 3 nitrogen and oxygen atoms in total. The smallest absolute Gasteiger partial charge is 0.419 e. The van der Waals surface area contributed by atoms with Gasteiger partial charge >= 0.3 is 6.18 Å². The summed E-state index contributed by atoms with van der Waals surface area (Å²) in [5.41, 5.74) is -1.16.